The van der Waals surface area contributed by atoms with Crippen molar-refractivity contribution in [3.63, 3.8) is 0 Å². The van der Waals surface area contributed by atoms with Crippen LogP contribution >= 0.6 is 0 Å². The summed E-state index contributed by atoms with van der Waals surface area (Å²) in [4.78, 5) is 11.6. The van der Waals surface area contributed by atoms with E-state index in [9.17, 15) is 9.90 Å². The second kappa shape index (κ2) is 6.05. The minimum Gasteiger partial charge on any atom is -0.388 e. The van der Waals surface area contributed by atoms with Crippen molar-refractivity contribution >= 4 is 6.03 Å². The molecule has 98 valence electrons. The van der Waals surface area contributed by atoms with Gasteiger partial charge in [0.25, 0.3) is 0 Å². The van der Waals surface area contributed by atoms with Gasteiger partial charge in [-0.3, -0.25) is 0 Å². The first kappa shape index (κ1) is 14.0. The van der Waals surface area contributed by atoms with Gasteiger partial charge >= 0.3 is 6.03 Å². The van der Waals surface area contributed by atoms with Gasteiger partial charge in [-0.05, 0) is 32.1 Å². The summed E-state index contributed by atoms with van der Waals surface area (Å²) >= 11 is 0. The number of urea groups is 1. The lowest BCUT2D eigenvalue weighted by Gasteiger charge is -2.28. The van der Waals surface area contributed by atoms with E-state index in [1.807, 2.05) is 19.9 Å². The monoisotopic (exact) mass is 240 g/mol. The number of amides is 2. The molecule has 0 aromatic carbocycles. The minimum absolute atomic E-state index is 0.109. The molecule has 0 fully saturated rings. The Kier molecular flexibility index (Phi) is 5.00. The number of carbonyl (C=O) groups is 1. The Morgan fingerprint density at radius 1 is 1.59 bits per heavy atom. The summed E-state index contributed by atoms with van der Waals surface area (Å²) < 4.78 is 0. The van der Waals surface area contributed by atoms with E-state index in [0.29, 0.717) is 0 Å². The highest BCUT2D eigenvalue weighted by molar-refractivity contribution is 5.74. The van der Waals surface area contributed by atoms with Crippen LogP contribution in [0.1, 0.15) is 40.0 Å². The summed E-state index contributed by atoms with van der Waals surface area (Å²) in [6.07, 6.45) is 7.33. The highest BCUT2D eigenvalue weighted by atomic mass is 16.3. The Bertz CT molecular complexity index is 285. The number of hydrogen-bond acceptors (Lipinski definition) is 2. The lowest BCUT2D eigenvalue weighted by Crippen LogP contribution is -2.49. The fourth-order valence-corrected chi connectivity index (χ4v) is 1.62. The standard InChI is InChI=1S/C13H24N2O2/c1-10(2)13(3,17)9-14-12(16)15-11-7-5-4-6-8-11/h5,7,10-11,17H,4,6,8-9H2,1-3H3,(H2,14,15,16). The summed E-state index contributed by atoms with van der Waals surface area (Å²) in [5.41, 5.74) is -0.861. The molecule has 4 heteroatoms. The maximum absolute atomic E-state index is 11.6. The van der Waals surface area contributed by atoms with Gasteiger partial charge in [0.05, 0.1) is 5.60 Å². The van der Waals surface area contributed by atoms with Gasteiger partial charge in [0.15, 0.2) is 0 Å². The van der Waals surface area contributed by atoms with Crippen molar-refractivity contribution in [2.75, 3.05) is 6.54 Å². The van der Waals surface area contributed by atoms with E-state index in [4.69, 9.17) is 0 Å². The molecule has 2 unspecified atom stereocenters. The summed E-state index contributed by atoms with van der Waals surface area (Å²) in [6, 6.07) is -0.0739. The smallest absolute Gasteiger partial charge is 0.315 e. The largest absolute Gasteiger partial charge is 0.388 e. The van der Waals surface area contributed by atoms with Crippen molar-refractivity contribution in [2.45, 2.75) is 51.7 Å². The van der Waals surface area contributed by atoms with Gasteiger partial charge in [-0.2, -0.15) is 0 Å². The van der Waals surface area contributed by atoms with Crippen LogP contribution in [0.4, 0.5) is 4.79 Å². The summed E-state index contributed by atoms with van der Waals surface area (Å²) in [7, 11) is 0. The van der Waals surface area contributed by atoms with Gasteiger partial charge in [0.1, 0.15) is 0 Å². The second-order valence-corrected chi connectivity index (χ2v) is 5.30. The molecule has 1 aliphatic rings. The SMILES string of the molecule is CC(C)C(C)(O)CNC(=O)NC1C=CCCC1. The van der Waals surface area contributed by atoms with Crippen LogP contribution in [0, 0.1) is 5.92 Å². The van der Waals surface area contributed by atoms with Crippen molar-refractivity contribution in [2.24, 2.45) is 5.92 Å². The molecule has 17 heavy (non-hydrogen) atoms. The van der Waals surface area contributed by atoms with Gasteiger partial charge in [0, 0.05) is 12.6 Å². The van der Waals surface area contributed by atoms with E-state index in [1.54, 1.807) is 6.92 Å². The Hall–Kier alpha value is -1.03. The maximum atomic E-state index is 11.6. The van der Waals surface area contributed by atoms with Crippen molar-refractivity contribution in [3.05, 3.63) is 12.2 Å². The van der Waals surface area contributed by atoms with Crippen LogP contribution in [-0.4, -0.2) is 29.3 Å². The minimum atomic E-state index is -0.861. The van der Waals surface area contributed by atoms with Crippen LogP contribution < -0.4 is 10.6 Å². The Morgan fingerprint density at radius 3 is 2.82 bits per heavy atom. The van der Waals surface area contributed by atoms with E-state index < -0.39 is 5.60 Å². The first-order valence-electron chi connectivity index (χ1n) is 6.35. The molecule has 0 radical (unpaired) electrons. The van der Waals surface area contributed by atoms with Gasteiger partial charge < -0.3 is 15.7 Å². The lowest BCUT2D eigenvalue weighted by atomic mass is 9.93. The molecule has 1 rings (SSSR count). The number of aliphatic hydroxyl groups is 1. The molecular weight excluding hydrogens is 216 g/mol. The van der Waals surface area contributed by atoms with E-state index in [1.165, 1.54) is 0 Å². The summed E-state index contributed by atoms with van der Waals surface area (Å²) in [5.74, 6) is 0.109. The van der Waals surface area contributed by atoms with Crippen LogP contribution in [0.15, 0.2) is 12.2 Å². The van der Waals surface area contributed by atoms with Gasteiger partial charge in [-0.1, -0.05) is 26.0 Å². The molecule has 3 N–H and O–H groups in total. The van der Waals surface area contributed by atoms with Crippen molar-refractivity contribution < 1.29 is 9.90 Å². The number of allylic oxidation sites excluding steroid dienone is 1. The van der Waals surface area contributed by atoms with Crippen molar-refractivity contribution in [1.29, 1.82) is 0 Å². The number of carbonyl (C=O) groups excluding carboxylic acids is 1. The van der Waals surface area contributed by atoms with E-state index >= 15 is 0 Å². The van der Waals surface area contributed by atoms with Gasteiger partial charge in [-0.15, -0.1) is 0 Å². The Balaban J connectivity index is 2.30. The number of hydrogen-bond donors (Lipinski definition) is 3. The number of rotatable bonds is 4. The van der Waals surface area contributed by atoms with E-state index in [0.717, 1.165) is 19.3 Å². The van der Waals surface area contributed by atoms with Crippen LogP contribution in [0.3, 0.4) is 0 Å². The highest BCUT2D eigenvalue weighted by Gasteiger charge is 2.25. The van der Waals surface area contributed by atoms with Crippen LogP contribution in [-0.2, 0) is 0 Å². The van der Waals surface area contributed by atoms with E-state index in [2.05, 4.69) is 16.7 Å². The predicted molar refractivity (Wildman–Crippen MR) is 68.8 cm³/mol. The first-order valence-corrected chi connectivity index (χ1v) is 6.35. The molecule has 0 spiro atoms. The molecule has 0 heterocycles. The van der Waals surface area contributed by atoms with Crippen LogP contribution in [0.25, 0.3) is 0 Å². The molecule has 1 aliphatic carbocycles. The zero-order valence-electron chi connectivity index (χ0n) is 11.0. The molecule has 0 bridgehead atoms. The maximum Gasteiger partial charge on any atom is 0.315 e. The molecule has 2 atom stereocenters. The molecule has 4 nitrogen and oxygen atoms in total. The molecule has 0 aliphatic heterocycles. The highest BCUT2D eigenvalue weighted by Crippen LogP contribution is 2.14. The van der Waals surface area contributed by atoms with Gasteiger partial charge in [-0.25, -0.2) is 4.79 Å². The van der Waals surface area contributed by atoms with Crippen LogP contribution in [0.5, 0.6) is 0 Å². The summed E-state index contributed by atoms with van der Waals surface area (Å²) in [5, 5.41) is 15.6. The zero-order valence-corrected chi connectivity index (χ0v) is 11.0. The molecule has 0 saturated carbocycles. The fourth-order valence-electron chi connectivity index (χ4n) is 1.62. The van der Waals surface area contributed by atoms with Gasteiger partial charge in [0.2, 0.25) is 0 Å². The fraction of sp³-hybridized carbons (Fsp3) is 0.769. The average Bonchev–Trinajstić information content (AvgIpc) is 2.28. The first-order chi connectivity index (χ1) is 7.92. The van der Waals surface area contributed by atoms with Crippen LogP contribution in [0.2, 0.25) is 0 Å². The van der Waals surface area contributed by atoms with Crippen molar-refractivity contribution in [3.8, 4) is 0 Å². The van der Waals surface area contributed by atoms with E-state index in [-0.39, 0.29) is 24.5 Å². The lowest BCUT2D eigenvalue weighted by molar-refractivity contribution is 0.0165. The zero-order chi connectivity index (χ0) is 12.9. The number of nitrogens with one attached hydrogen (secondary N) is 2. The topological polar surface area (TPSA) is 61.4 Å². The summed E-state index contributed by atoms with van der Waals surface area (Å²) in [6.45, 7) is 5.87. The third-order valence-electron chi connectivity index (χ3n) is 3.42. The molecule has 0 aromatic rings. The molecule has 0 aromatic heterocycles. The van der Waals surface area contributed by atoms with Crippen molar-refractivity contribution in [1.82, 2.24) is 10.6 Å². The quantitative estimate of drug-likeness (QED) is 0.656. The second-order valence-electron chi connectivity index (χ2n) is 5.30. The normalized spacial score (nSPS) is 23.2. The third-order valence-corrected chi connectivity index (χ3v) is 3.42. The molecule has 2 amide bonds. The Morgan fingerprint density at radius 2 is 2.29 bits per heavy atom. The molecular formula is C13H24N2O2. The predicted octanol–water partition coefficient (Wildman–Crippen LogP) is 1.80. The Labute approximate surface area is 103 Å². The third kappa shape index (κ3) is 4.77. The average molecular weight is 240 g/mol. The molecule has 0 saturated heterocycles.